The van der Waals surface area contributed by atoms with Crippen LogP contribution in [0.15, 0.2) is 36.4 Å². The van der Waals surface area contributed by atoms with Crippen LogP contribution in [-0.4, -0.2) is 0 Å². The van der Waals surface area contributed by atoms with Gasteiger partial charge in [-0.1, -0.05) is 62.2 Å². The number of aryl methyl sites for hydroxylation is 1. The molecule has 0 atom stereocenters. The van der Waals surface area contributed by atoms with Gasteiger partial charge in [0.05, 0.1) is 0 Å². The van der Waals surface area contributed by atoms with Gasteiger partial charge in [0.15, 0.2) is 0 Å². The molecule has 1 radical (unpaired) electrons. The number of unbranched alkanes of at least 4 members (excludes halogenated alkanes) is 5. The third-order valence-corrected chi connectivity index (χ3v) is 2.68. The van der Waals surface area contributed by atoms with Gasteiger partial charge in [-0.05, 0) is 31.2 Å². The van der Waals surface area contributed by atoms with Gasteiger partial charge < -0.3 is 0 Å². The summed E-state index contributed by atoms with van der Waals surface area (Å²) in [6.45, 7) is 5.32. The standard InChI is InChI=1S/C15H21/c1-2-3-4-5-6-7-9-12-15-13-10-8-11-14-15/h1-2,8,10-11,13-14H,3-7,9,12H2. The lowest BCUT2D eigenvalue weighted by Crippen LogP contribution is -1.85. The molecule has 1 aromatic rings. The van der Waals surface area contributed by atoms with Crippen molar-refractivity contribution in [3.8, 4) is 0 Å². The van der Waals surface area contributed by atoms with E-state index in [1.54, 1.807) is 6.08 Å². The van der Waals surface area contributed by atoms with E-state index in [0.717, 1.165) is 6.42 Å². The van der Waals surface area contributed by atoms with Gasteiger partial charge in [-0.2, -0.15) is 0 Å². The molecule has 0 fully saturated rings. The molecule has 0 heterocycles. The summed E-state index contributed by atoms with van der Waals surface area (Å²) in [5, 5.41) is 0. The molecule has 0 aliphatic rings. The van der Waals surface area contributed by atoms with Crippen molar-refractivity contribution >= 4 is 0 Å². The maximum Gasteiger partial charge on any atom is -0.0279 e. The van der Waals surface area contributed by atoms with Gasteiger partial charge in [-0.3, -0.25) is 0 Å². The molecule has 0 unspecified atom stereocenters. The first-order valence-corrected chi connectivity index (χ1v) is 6.01. The molecule has 0 spiro atoms. The smallest absolute Gasteiger partial charge is 0.0279 e. The SMILES string of the molecule is [CH]=CCCCCCCCc1ccccc1. The summed E-state index contributed by atoms with van der Waals surface area (Å²) in [5.41, 5.74) is 1.47. The highest BCUT2D eigenvalue weighted by Gasteiger charge is 1.92. The lowest BCUT2D eigenvalue weighted by molar-refractivity contribution is 0.618. The summed E-state index contributed by atoms with van der Waals surface area (Å²) in [5.74, 6) is 0. The predicted octanol–water partition coefficient (Wildman–Crippen LogP) is 4.56. The normalized spacial score (nSPS) is 10.1. The molecule has 1 rings (SSSR count). The number of benzene rings is 1. The van der Waals surface area contributed by atoms with Gasteiger partial charge in [-0.25, -0.2) is 0 Å². The van der Waals surface area contributed by atoms with Crippen LogP contribution in [0.1, 0.15) is 44.1 Å². The van der Waals surface area contributed by atoms with Gasteiger partial charge >= 0.3 is 0 Å². The lowest BCUT2D eigenvalue weighted by atomic mass is 10.1. The zero-order valence-electron chi connectivity index (χ0n) is 9.49. The van der Waals surface area contributed by atoms with Crippen molar-refractivity contribution in [2.24, 2.45) is 0 Å². The van der Waals surface area contributed by atoms with E-state index in [-0.39, 0.29) is 0 Å². The third kappa shape index (κ3) is 6.11. The van der Waals surface area contributed by atoms with Crippen molar-refractivity contribution in [2.45, 2.75) is 44.9 Å². The monoisotopic (exact) mass is 201 g/mol. The number of hydrogen-bond acceptors (Lipinski definition) is 0. The third-order valence-electron chi connectivity index (χ3n) is 2.68. The Bertz CT molecular complexity index is 248. The fourth-order valence-corrected chi connectivity index (χ4v) is 1.77. The Morgan fingerprint density at radius 2 is 1.53 bits per heavy atom. The minimum atomic E-state index is 1.07. The van der Waals surface area contributed by atoms with E-state index in [0.29, 0.717) is 0 Å². The van der Waals surface area contributed by atoms with E-state index in [1.807, 2.05) is 0 Å². The van der Waals surface area contributed by atoms with Crippen LogP contribution in [0.2, 0.25) is 0 Å². The summed E-state index contributed by atoms with van der Waals surface area (Å²) in [6, 6.07) is 10.7. The topological polar surface area (TPSA) is 0 Å². The van der Waals surface area contributed by atoms with Crippen LogP contribution < -0.4 is 0 Å². The van der Waals surface area contributed by atoms with Crippen molar-refractivity contribution in [1.29, 1.82) is 0 Å². The maximum absolute atomic E-state index is 5.32. The maximum atomic E-state index is 5.32. The Morgan fingerprint density at radius 3 is 2.27 bits per heavy atom. The average molecular weight is 201 g/mol. The molecular formula is C15H21. The second kappa shape index (κ2) is 8.28. The van der Waals surface area contributed by atoms with Crippen molar-refractivity contribution < 1.29 is 0 Å². The molecule has 15 heavy (non-hydrogen) atoms. The van der Waals surface area contributed by atoms with E-state index >= 15 is 0 Å². The van der Waals surface area contributed by atoms with Crippen molar-refractivity contribution in [2.75, 3.05) is 0 Å². The molecule has 0 aromatic heterocycles. The molecule has 0 saturated heterocycles. The molecule has 1 aromatic carbocycles. The van der Waals surface area contributed by atoms with Crippen LogP contribution in [0.3, 0.4) is 0 Å². The Morgan fingerprint density at radius 1 is 0.867 bits per heavy atom. The Kier molecular flexibility index (Phi) is 6.64. The molecule has 0 aliphatic carbocycles. The minimum absolute atomic E-state index is 1.07. The average Bonchev–Trinajstić information content (AvgIpc) is 2.29. The Labute approximate surface area is 94.0 Å². The highest BCUT2D eigenvalue weighted by atomic mass is 14.0. The first kappa shape index (κ1) is 12.0. The predicted molar refractivity (Wildman–Crippen MR) is 66.7 cm³/mol. The number of allylic oxidation sites excluding steroid dienone is 1. The van der Waals surface area contributed by atoms with Crippen LogP contribution in [-0.2, 0) is 6.42 Å². The molecule has 0 bridgehead atoms. The summed E-state index contributed by atoms with van der Waals surface area (Å²) >= 11 is 0. The van der Waals surface area contributed by atoms with Crippen LogP contribution in [0.4, 0.5) is 0 Å². The van der Waals surface area contributed by atoms with E-state index in [9.17, 15) is 0 Å². The van der Waals surface area contributed by atoms with Gasteiger partial charge in [0.2, 0.25) is 0 Å². The fraction of sp³-hybridized carbons (Fsp3) is 0.467. The minimum Gasteiger partial charge on any atom is -0.0845 e. The summed E-state index contributed by atoms with van der Waals surface area (Å²) in [6.07, 6.45) is 10.6. The fourth-order valence-electron chi connectivity index (χ4n) is 1.77. The number of rotatable bonds is 8. The molecule has 0 aliphatic heterocycles. The van der Waals surface area contributed by atoms with Gasteiger partial charge in [0, 0.05) is 0 Å². The van der Waals surface area contributed by atoms with Crippen molar-refractivity contribution in [3.63, 3.8) is 0 Å². The van der Waals surface area contributed by atoms with Gasteiger partial charge in [0.25, 0.3) is 0 Å². The molecule has 0 saturated carbocycles. The largest absolute Gasteiger partial charge is 0.0845 e. The lowest BCUT2D eigenvalue weighted by Gasteiger charge is -2.01. The molecule has 0 N–H and O–H groups in total. The highest BCUT2D eigenvalue weighted by Crippen LogP contribution is 2.09. The van der Waals surface area contributed by atoms with Crippen LogP contribution in [0.25, 0.3) is 0 Å². The van der Waals surface area contributed by atoms with Crippen LogP contribution in [0, 0.1) is 6.58 Å². The molecular weight excluding hydrogens is 180 g/mol. The van der Waals surface area contributed by atoms with E-state index in [4.69, 9.17) is 6.58 Å². The highest BCUT2D eigenvalue weighted by molar-refractivity contribution is 5.14. The van der Waals surface area contributed by atoms with Crippen molar-refractivity contribution in [1.82, 2.24) is 0 Å². The van der Waals surface area contributed by atoms with E-state index in [1.165, 1.54) is 44.1 Å². The molecule has 0 amide bonds. The molecule has 0 heteroatoms. The first-order valence-electron chi connectivity index (χ1n) is 6.01. The number of hydrogen-bond donors (Lipinski definition) is 0. The van der Waals surface area contributed by atoms with E-state index in [2.05, 4.69) is 30.3 Å². The van der Waals surface area contributed by atoms with E-state index < -0.39 is 0 Å². The zero-order valence-corrected chi connectivity index (χ0v) is 9.49. The Hall–Kier alpha value is -1.04. The van der Waals surface area contributed by atoms with Gasteiger partial charge in [-0.15, -0.1) is 0 Å². The second-order valence-electron chi connectivity index (χ2n) is 4.03. The molecule has 81 valence electrons. The van der Waals surface area contributed by atoms with Crippen molar-refractivity contribution in [3.05, 3.63) is 48.6 Å². The van der Waals surface area contributed by atoms with Crippen LogP contribution in [0.5, 0.6) is 0 Å². The summed E-state index contributed by atoms with van der Waals surface area (Å²) in [7, 11) is 0. The first-order chi connectivity index (χ1) is 7.43. The zero-order chi connectivity index (χ0) is 10.8. The van der Waals surface area contributed by atoms with Gasteiger partial charge in [0.1, 0.15) is 0 Å². The second-order valence-corrected chi connectivity index (χ2v) is 4.03. The Balaban J connectivity index is 1.95. The summed E-state index contributed by atoms with van der Waals surface area (Å²) < 4.78 is 0. The molecule has 0 nitrogen and oxygen atoms in total. The van der Waals surface area contributed by atoms with Crippen LogP contribution >= 0.6 is 0 Å². The summed E-state index contributed by atoms with van der Waals surface area (Å²) in [4.78, 5) is 0. The quantitative estimate of drug-likeness (QED) is 0.541.